The first-order valence-corrected chi connectivity index (χ1v) is 7.31. The summed E-state index contributed by atoms with van der Waals surface area (Å²) in [4.78, 5) is 20.1. The summed E-state index contributed by atoms with van der Waals surface area (Å²) in [6.45, 7) is 3.69. The smallest absolute Gasteiger partial charge is 0.329 e. The lowest BCUT2D eigenvalue weighted by molar-refractivity contribution is -0.133. The molecule has 0 saturated heterocycles. The van der Waals surface area contributed by atoms with Gasteiger partial charge in [-0.3, -0.25) is 4.79 Å². The minimum Gasteiger partial charge on any atom is -0.425 e. The molecule has 0 spiro atoms. The monoisotopic (exact) mass is 304 g/mol. The van der Waals surface area contributed by atoms with Gasteiger partial charge >= 0.3 is 5.97 Å². The first-order valence-electron chi connectivity index (χ1n) is 6.87. The Morgan fingerprint density at radius 2 is 1.86 bits per heavy atom. The molecule has 0 fully saturated rings. The third-order valence-electron chi connectivity index (χ3n) is 2.90. The molecule has 1 aromatic heterocycles. The zero-order chi connectivity index (χ0) is 15.2. The number of ether oxygens (including phenoxy) is 1. The predicted molar refractivity (Wildman–Crippen MR) is 82.4 cm³/mol. The van der Waals surface area contributed by atoms with E-state index in [1.807, 2.05) is 24.5 Å². The molecule has 21 heavy (non-hydrogen) atoms. The Hall–Kier alpha value is -1.94. The van der Waals surface area contributed by atoms with Gasteiger partial charge in [-0.25, -0.2) is 9.97 Å². The van der Waals surface area contributed by atoms with Gasteiger partial charge in [0.25, 0.3) is 0 Å². The number of carbonyl (C=O) groups is 1. The summed E-state index contributed by atoms with van der Waals surface area (Å²) in [6.07, 6.45) is 5.73. The Labute approximate surface area is 129 Å². The van der Waals surface area contributed by atoms with Crippen molar-refractivity contribution in [1.29, 1.82) is 0 Å². The largest absolute Gasteiger partial charge is 0.425 e. The predicted octanol–water partition coefficient (Wildman–Crippen LogP) is 3.63. The number of aromatic nitrogens is 2. The van der Waals surface area contributed by atoms with Gasteiger partial charge in [0.2, 0.25) is 0 Å². The van der Waals surface area contributed by atoms with E-state index in [9.17, 15) is 4.79 Å². The van der Waals surface area contributed by atoms with E-state index in [0.717, 1.165) is 24.0 Å². The molecule has 1 aromatic carbocycles. The standard InChI is InChI=1S/C16H17ClN2O2/c1-3-4-12-9-18-15(19-10-12)13-5-7-14(8-6-13)21-16(20)11(2)17/h5-11H,3-4H2,1-2H3. The quantitative estimate of drug-likeness (QED) is 0.481. The summed E-state index contributed by atoms with van der Waals surface area (Å²) in [6, 6.07) is 7.04. The summed E-state index contributed by atoms with van der Waals surface area (Å²) in [5.41, 5.74) is 2.00. The lowest BCUT2D eigenvalue weighted by atomic mass is 10.2. The molecule has 1 atom stereocenters. The number of benzene rings is 1. The minimum atomic E-state index is -0.667. The van der Waals surface area contributed by atoms with Crippen molar-refractivity contribution in [3.8, 4) is 17.1 Å². The molecule has 0 radical (unpaired) electrons. The zero-order valence-corrected chi connectivity index (χ0v) is 12.8. The molecule has 0 aliphatic heterocycles. The van der Waals surface area contributed by atoms with Gasteiger partial charge in [0.1, 0.15) is 11.1 Å². The van der Waals surface area contributed by atoms with Crippen LogP contribution in [-0.2, 0) is 11.2 Å². The second-order valence-corrected chi connectivity index (χ2v) is 5.38. The highest BCUT2D eigenvalue weighted by atomic mass is 35.5. The van der Waals surface area contributed by atoms with E-state index < -0.39 is 11.3 Å². The number of esters is 1. The maximum atomic E-state index is 11.4. The number of rotatable bonds is 5. The highest BCUT2D eigenvalue weighted by Crippen LogP contribution is 2.20. The number of nitrogens with zero attached hydrogens (tertiary/aromatic N) is 2. The van der Waals surface area contributed by atoms with Crippen molar-refractivity contribution >= 4 is 17.6 Å². The molecule has 1 heterocycles. The van der Waals surface area contributed by atoms with Crippen LogP contribution in [0.15, 0.2) is 36.7 Å². The molecular weight excluding hydrogens is 288 g/mol. The van der Waals surface area contributed by atoms with Crippen molar-refractivity contribution in [3.05, 3.63) is 42.2 Å². The van der Waals surface area contributed by atoms with Crippen LogP contribution in [0.5, 0.6) is 5.75 Å². The van der Waals surface area contributed by atoms with Crippen LogP contribution >= 0.6 is 11.6 Å². The van der Waals surface area contributed by atoms with E-state index in [-0.39, 0.29) is 0 Å². The fourth-order valence-corrected chi connectivity index (χ4v) is 1.84. The normalized spacial score (nSPS) is 12.0. The van der Waals surface area contributed by atoms with Gasteiger partial charge in [0, 0.05) is 18.0 Å². The fourth-order valence-electron chi connectivity index (χ4n) is 1.79. The van der Waals surface area contributed by atoms with Gasteiger partial charge in [0.05, 0.1) is 0 Å². The molecule has 2 aromatic rings. The summed E-state index contributed by atoms with van der Waals surface area (Å²) in [5, 5.41) is -0.667. The van der Waals surface area contributed by atoms with E-state index in [0.29, 0.717) is 11.6 Å². The SMILES string of the molecule is CCCc1cnc(-c2ccc(OC(=O)C(C)Cl)cc2)nc1. The van der Waals surface area contributed by atoms with Crippen molar-refractivity contribution in [2.75, 3.05) is 0 Å². The van der Waals surface area contributed by atoms with Crippen LogP contribution in [0.4, 0.5) is 0 Å². The van der Waals surface area contributed by atoms with Crippen LogP contribution in [0.2, 0.25) is 0 Å². The van der Waals surface area contributed by atoms with Gasteiger partial charge in [-0.15, -0.1) is 11.6 Å². The molecule has 4 nitrogen and oxygen atoms in total. The highest BCUT2D eigenvalue weighted by Gasteiger charge is 2.11. The van der Waals surface area contributed by atoms with E-state index in [1.165, 1.54) is 0 Å². The lowest BCUT2D eigenvalue weighted by Gasteiger charge is -2.06. The molecule has 0 saturated carbocycles. The number of hydrogen-bond donors (Lipinski definition) is 0. The zero-order valence-electron chi connectivity index (χ0n) is 12.0. The number of aryl methyl sites for hydroxylation is 1. The van der Waals surface area contributed by atoms with Crippen molar-refractivity contribution in [2.24, 2.45) is 0 Å². The summed E-state index contributed by atoms with van der Waals surface area (Å²) >= 11 is 5.65. The topological polar surface area (TPSA) is 52.1 Å². The van der Waals surface area contributed by atoms with Crippen LogP contribution in [-0.4, -0.2) is 21.3 Å². The van der Waals surface area contributed by atoms with Crippen LogP contribution in [0, 0.1) is 0 Å². The fraction of sp³-hybridized carbons (Fsp3) is 0.312. The third-order valence-corrected chi connectivity index (χ3v) is 3.08. The Kier molecular flexibility index (Phi) is 5.28. The van der Waals surface area contributed by atoms with Crippen LogP contribution in [0.1, 0.15) is 25.8 Å². The number of halogens is 1. The Bertz CT molecular complexity index is 595. The van der Waals surface area contributed by atoms with Gasteiger partial charge < -0.3 is 4.74 Å². The molecule has 0 amide bonds. The Morgan fingerprint density at radius 3 is 2.38 bits per heavy atom. The molecule has 0 bridgehead atoms. The van der Waals surface area contributed by atoms with E-state index in [4.69, 9.17) is 16.3 Å². The maximum Gasteiger partial charge on any atom is 0.329 e. The van der Waals surface area contributed by atoms with Crippen molar-refractivity contribution in [1.82, 2.24) is 9.97 Å². The first kappa shape index (κ1) is 15.4. The van der Waals surface area contributed by atoms with Crippen molar-refractivity contribution in [3.63, 3.8) is 0 Å². The van der Waals surface area contributed by atoms with Gasteiger partial charge in [0.15, 0.2) is 5.82 Å². The number of hydrogen-bond acceptors (Lipinski definition) is 4. The van der Waals surface area contributed by atoms with Crippen molar-refractivity contribution < 1.29 is 9.53 Å². The lowest BCUT2D eigenvalue weighted by Crippen LogP contribution is -2.17. The van der Waals surface area contributed by atoms with Gasteiger partial charge in [-0.2, -0.15) is 0 Å². The molecule has 0 aliphatic rings. The van der Waals surface area contributed by atoms with Gasteiger partial charge in [-0.05, 0) is 43.2 Å². The molecule has 2 rings (SSSR count). The van der Waals surface area contributed by atoms with Gasteiger partial charge in [-0.1, -0.05) is 13.3 Å². The number of alkyl halides is 1. The first-order chi connectivity index (χ1) is 10.1. The molecule has 5 heteroatoms. The van der Waals surface area contributed by atoms with Crippen LogP contribution < -0.4 is 4.74 Å². The summed E-state index contributed by atoms with van der Waals surface area (Å²) in [7, 11) is 0. The molecule has 110 valence electrons. The molecule has 0 N–H and O–H groups in total. The average Bonchev–Trinajstić information content (AvgIpc) is 2.49. The Balaban J connectivity index is 2.09. The van der Waals surface area contributed by atoms with E-state index in [1.54, 1.807) is 19.1 Å². The highest BCUT2D eigenvalue weighted by molar-refractivity contribution is 6.29. The van der Waals surface area contributed by atoms with Crippen LogP contribution in [0.3, 0.4) is 0 Å². The van der Waals surface area contributed by atoms with E-state index in [2.05, 4.69) is 16.9 Å². The Morgan fingerprint density at radius 1 is 1.24 bits per heavy atom. The maximum absolute atomic E-state index is 11.4. The molecule has 0 aliphatic carbocycles. The second-order valence-electron chi connectivity index (χ2n) is 4.73. The van der Waals surface area contributed by atoms with Crippen molar-refractivity contribution in [2.45, 2.75) is 32.1 Å². The second kappa shape index (κ2) is 7.18. The summed E-state index contributed by atoms with van der Waals surface area (Å²) < 4.78 is 5.11. The average molecular weight is 305 g/mol. The molecule has 1 unspecified atom stereocenters. The summed E-state index contributed by atoms with van der Waals surface area (Å²) in [5.74, 6) is 0.641. The third kappa shape index (κ3) is 4.26. The van der Waals surface area contributed by atoms with E-state index >= 15 is 0 Å². The minimum absolute atomic E-state index is 0.457. The molecular formula is C16H17ClN2O2. The number of carbonyl (C=O) groups excluding carboxylic acids is 1. The van der Waals surface area contributed by atoms with Crippen LogP contribution in [0.25, 0.3) is 11.4 Å².